The van der Waals surface area contributed by atoms with Crippen molar-refractivity contribution in [2.24, 2.45) is 0 Å². The van der Waals surface area contributed by atoms with Gasteiger partial charge in [0.15, 0.2) is 11.5 Å². The van der Waals surface area contributed by atoms with Gasteiger partial charge in [0, 0.05) is 5.25 Å². The lowest BCUT2D eigenvalue weighted by atomic mass is 10.2. The maximum atomic E-state index is 9.77. The SMILES string of the molecule is COc1cc(C2NCCC(C)S2)cc(Br)c1O. The van der Waals surface area contributed by atoms with Gasteiger partial charge >= 0.3 is 0 Å². The summed E-state index contributed by atoms with van der Waals surface area (Å²) in [5.74, 6) is 0.667. The van der Waals surface area contributed by atoms with Crippen molar-refractivity contribution >= 4 is 27.7 Å². The first kappa shape index (κ1) is 13.1. The number of phenolic OH excluding ortho intramolecular Hbond substituents is 1. The van der Waals surface area contributed by atoms with Crippen LogP contribution in [0.1, 0.15) is 24.3 Å². The van der Waals surface area contributed by atoms with Crippen molar-refractivity contribution in [2.45, 2.75) is 24.0 Å². The number of halogens is 1. The number of hydrogen-bond acceptors (Lipinski definition) is 4. The van der Waals surface area contributed by atoms with Crippen LogP contribution in [0.25, 0.3) is 0 Å². The zero-order chi connectivity index (χ0) is 12.4. The Labute approximate surface area is 114 Å². The van der Waals surface area contributed by atoms with E-state index < -0.39 is 0 Å². The third kappa shape index (κ3) is 2.89. The zero-order valence-corrected chi connectivity index (χ0v) is 12.3. The van der Waals surface area contributed by atoms with E-state index in [1.165, 1.54) is 6.42 Å². The molecule has 17 heavy (non-hydrogen) atoms. The molecule has 0 bridgehead atoms. The minimum Gasteiger partial charge on any atom is -0.503 e. The number of methoxy groups -OCH3 is 1. The Bertz CT molecular complexity index is 414. The van der Waals surface area contributed by atoms with Crippen LogP contribution in [0.15, 0.2) is 16.6 Å². The second-order valence-electron chi connectivity index (χ2n) is 4.12. The molecule has 1 fully saturated rings. The van der Waals surface area contributed by atoms with E-state index in [0.717, 1.165) is 12.1 Å². The first-order valence-electron chi connectivity index (χ1n) is 5.57. The van der Waals surface area contributed by atoms with Crippen molar-refractivity contribution in [2.75, 3.05) is 13.7 Å². The largest absolute Gasteiger partial charge is 0.503 e. The Morgan fingerprint density at radius 2 is 2.29 bits per heavy atom. The average molecular weight is 318 g/mol. The minimum atomic E-state index is 0.158. The van der Waals surface area contributed by atoms with Crippen LogP contribution in [0.2, 0.25) is 0 Å². The first-order chi connectivity index (χ1) is 8.11. The minimum absolute atomic E-state index is 0.158. The molecule has 1 aromatic rings. The van der Waals surface area contributed by atoms with Crippen molar-refractivity contribution in [3.05, 3.63) is 22.2 Å². The molecule has 3 nitrogen and oxygen atoms in total. The lowest BCUT2D eigenvalue weighted by Gasteiger charge is -2.28. The van der Waals surface area contributed by atoms with Gasteiger partial charge < -0.3 is 15.2 Å². The van der Waals surface area contributed by atoms with E-state index in [1.54, 1.807) is 7.11 Å². The van der Waals surface area contributed by atoms with Gasteiger partial charge in [0.2, 0.25) is 0 Å². The Morgan fingerprint density at radius 1 is 1.53 bits per heavy atom. The zero-order valence-electron chi connectivity index (χ0n) is 9.87. The van der Waals surface area contributed by atoms with E-state index in [1.807, 2.05) is 23.9 Å². The normalized spacial score (nSPS) is 24.6. The fraction of sp³-hybridized carbons (Fsp3) is 0.500. The Balaban J connectivity index is 2.29. The van der Waals surface area contributed by atoms with Crippen LogP contribution < -0.4 is 10.1 Å². The van der Waals surface area contributed by atoms with Gasteiger partial charge in [0.25, 0.3) is 0 Å². The lowest BCUT2D eigenvalue weighted by Crippen LogP contribution is -2.28. The molecule has 0 aliphatic carbocycles. The van der Waals surface area contributed by atoms with Crippen LogP contribution in [-0.4, -0.2) is 24.0 Å². The molecule has 2 N–H and O–H groups in total. The van der Waals surface area contributed by atoms with Crippen molar-refractivity contribution in [3.63, 3.8) is 0 Å². The van der Waals surface area contributed by atoms with E-state index in [0.29, 0.717) is 15.5 Å². The topological polar surface area (TPSA) is 41.5 Å². The van der Waals surface area contributed by atoms with Crippen LogP contribution >= 0.6 is 27.7 Å². The van der Waals surface area contributed by atoms with Gasteiger partial charge in [-0.2, -0.15) is 0 Å². The van der Waals surface area contributed by atoms with E-state index in [9.17, 15) is 5.11 Å². The molecule has 0 spiro atoms. The average Bonchev–Trinajstić information content (AvgIpc) is 2.32. The molecule has 0 aromatic heterocycles. The molecule has 1 aliphatic rings. The third-order valence-corrected chi connectivity index (χ3v) is 4.84. The maximum Gasteiger partial charge on any atom is 0.172 e. The molecule has 1 aliphatic heterocycles. The molecular weight excluding hydrogens is 302 g/mol. The number of thioether (sulfide) groups is 1. The van der Waals surface area contributed by atoms with Crippen molar-refractivity contribution < 1.29 is 9.84 Å². The predicted octanol–water partition coefficient (Wildman–Crippen LogP) is 3.28. The molecule has 2 atom stereocenters. The molecule has 1 saturated heterocycles. The molecule has 1 heterocycles. The van der Waals surface area contributed by atoms with Gasteiger partial charge in [-0.25, -0.2) is 0 Å². The molecule has 94 valence electrons. The van der Waals surface area contributed by atoms with E-state index in [4.69, 9.17) is 4.74 Å². The fourth-order valence-corrected chi connectivity index (χ4v) is 3.55. The molecular formula is C12H16BrNO2S. The highest BCUT2D eigenvalue weighted by Gasteiger charge is 2.22. The summed E-state index contributed by atoms with van der Waals surface area (Å²) in [5, 5.41) is 14.2. The lowest BCUT2D eigenvalue weighted by molar-refractivity contribution is 0.371. The Kier molecular flexibility index (Phi) is 4.22. The molecule has 1 aromatic carbocycles. The summed E-state index contributed by atoms with van der Waals surface area (Å²) in [7, 11) is 1.56. The van der Waals surface area contributed by atoms with Gasteiger partial charge in [-0.3, -0.25) is 0 Å². The highest BCUT2D eigenvalue weighted by Crippen LogP contribution is 2.41. The van der Waals surface area contributed by atoms with Crippen molar-refractivity contribution in [1.82, 2.24) is 5.32 Å². The molecule has 2 unspecified atom stereocenters. The van der Waals surface area contributed by atoms with Gasteiger partial charge in [-0.1, -0.05) is 6.92 Å². The van der Waals surface area contributed by atoms with Gasteiger partial charge in [-0.15, -0.1) is 11.8 Å². The van der Waals surface area contributed by atoms with E-state index in [2.05, 4.69) is 28.2 Å². The van der Waals surface area contributed by atoms with Gasteiger partial charge in [0.05, 0.1) is 17.0 Å². The van der Waals surface area contributed by atoms with Gasteiger partial charge in [-0.05, 0) is 46.6 Å². The molecule has 5 heteroatoms. The monoisotopic (exact) mass is 317 g/mol. The standard InChI is InChI=1S/C12H16BrNO2S/c1-7-3-4-14-12(17-7)8-5-9(13)11(15)10(6-8)16-2/h5-7,12,14-15H,3-4H2,1-2H3. The second kappa shape index (κ2) is 5.50. The number of phenols is 1. The summed E-state index contributed by atoms with van der Waals surface area (Å²) in [6.45, 7) is 3.27. The molecule has 0 amide bonds. The van der Waals surface area contributed by atoms with Crippen LogP contribution in [0, 0.1) is 0 Å². The van der Waals surface area contributed by atoms with Gasteiger partial charge in [0.1, 0.15) is 0 Å². The second-order valence-corrected chi connectivity index (χ2v) is 6.53. The fourth-order valence-electron chi connectivity index (χ4n) is 1.86. The highest BCUT2D eigenvalue weighted by atomic mass is 79.9. The summed E-state index contributed by atoms with van der Waals surface area (Å²) >= 11 is 5.26. The van der Waals surface area contributed by atoms with E-state index >= 15 is 0 Å². The smallest absolute Gasteiger partial charge is 0.172 e. The highest BCUT2D eigenvalue weighted by molar-refractivity contribution is 9.10. The van der Waals surface area contributed by atoms with Crippen LogP contribution in [-0.2, 0) is 0 Å². The quantitative estimate of drug-likeness (QED) is 0.878. The Morgan fingerprint density at radius 3 is 2.94 bits per heavy atom. The first-order valence-corrected chi connectivity index (χ1v) is 7.30. The number of ether oxygens (including phenoxy) is 1. The number of benzene rings is 1. The Hall–Kier alpha value is -0.390. The van der Waals surface area contributed by atoms with Crippen molar-refractivity contribution in [3.8, 4) is 11.5 Å². The summed E-state index contributed by atoms with van der Waals surface area (Å²) in [5.41, 5.74) is 1.13. The number of nitrogens with one attached hydrogen (secondary N) is 1. The number of rotatable bonds is 2. The number of hydrogen-bond donors (Lipinski definition) is 2. The van der Waals surface area contributed by atoms with Crippen LogP contribution in [0.5, 0.6) is 11.5 Å². The molecule has 0 saturated carbocycles. The summed E-state index contributed by atoms with van der Waals surface area (Å²) < 4.78 is 5.84. The predicted molar refractivity (Wildman–Crippen MR) is 74.8 cm³/mol. The van der Waals surface area contributed by atoms with Crippen LogP contribution in [0.3, 0.4) is 0 Å². The summed E-state index contributed by atoms with van der Waals surface area (Å²) in [6, 6.07) is 3.84. The summed E-state index contributed by atoms with van der Waals surface area (Å²) in [6.07, 6.45) is 1.19. The number of aromatic hydroxyl groups is 1. The third-order valence-electron chi connectivity index (χ3n) is 2.82. The van der Waals surface area contributed by atoms with Crippen LogP contribution in [0.4, 0.5) is 0 Å². The molecule has 2 rings (SSSR count). The molecule has 0 radical (unpaired) electrons. The van der Waals surface area contributed by atoms with E-state index in [-0.39, 0.29) is 11.1 Å². The maximum absolute atomic E-state index is 9.77. The van der Waals surface area contributed by atoms with Crippen molar-refractivity contribution in [1.29, 1.82) is 0 Å². The summed E-state index contributed by atoms with van der Waals surface area (Å²) in [4.78, 5) is 0.